The van der Waals surface area contributed by atoms with E-state index in [0.29, 0.717) is 5.41 Å². The van der Waals surface area contributed by atoms with Crippen molar-refractivity contribution in [2.24, 2.45) is 5.41 Å². The molecule has 0 heterocycles. The average molecular weight is 141 g/mol. The fourth-order valence-electron chi connectivity index (χ4n) is 0.651. The lowest BCUT2D eigenvalue weighted by molar-refractivity contribution is 0.375. The number of allylic oxidation sites excluding steroid dienone is 1. The second-order valence-corrected chi connectivity index (χ2v) is 3.91. The van der Waals surface area contributed by atoms with Crippen LogP contribution in [0.15, 0.2) is 12.3 Å². The first-order valence-corrected chi connectivity index (χ1v) is 3.81. The van der Waals surface area contributed by atoms with Gasteiger partial charge >= 0.3 is 0 Å². The minimum Gasteiger partial charge on any atom is -0.392 e. The third-order valence-electron chi connectivity index (χ3n) is 1.53. The first-order valence-electron chi connectivity index (χ1n) is 3.81. The zero-order chi connectivity index (χ0) is 8.20. The summed E-state index contributed by atoms with van der Waals surface area (Å²) < 4.78 is 0. The van der Waals surface area contributed by atoms with E-state index >= 15 is 0 Å². The van der Waals surface area contributed by atoms with E-state index in [1.165, 1.54) is 6.42 Å². The van der Waals surface area contributed by atoms with Crippen LogP contribution in [0.25, 0.3) is 0 Å². The monoisotopic (exact) mass is 141 g/mol. The highest BCUT2D eigenvalue weighted by molar-refractivity contribution is 4.90. The molecule has 0 atom stereocenters. The number of nitrogens with one attached hydrogen (secondary N) is 1. The molecule has 0 radical (unpaired) electrons. The molecule has 1 nitrogen and oxygen atoms in total. The third-order valence-corrected chi connectivity index (χ3v) is 1.53. The van der Waals surface area contributed by atoms with Crippen LogP contribution >= 0.6 is 0 Å². The van der Waals surface area contributed by atoms with Crippen LogP contribution in [0.4, 0.5) is 0 Å². The average Bonchev–Trinajstić information content (AvgIpc) is 1.81. The molecule has 0 amide bonds. The van der Waals surface area contributed by atoms with E-state index in [2.05, 4.69) is 32.7 Å². The maximum Gasteiger partial charge on any atom is 0.00312 e. The van der Waals surface area contributed by atoms with E-state index < -0.39 is 0 Å². The van der Waals surface area contributed by atoms with E-state index in [0.717, 1.165) is 12.1 Å². The van der Waals surface area contributed by atoms with Crippen LogP contribution in [0.1, 0.15) is 33.6 Å². The second kappa shape index (κ2) is 3.65. The highest BCUT2D eigenvalue weighted by Crippen LogP contribution is 2.21. The zero-order valence-corrected chi connectivity index (χ0v) is 7.62. The summed E-state index contributed by atoms with van der Waals surface area (Å²) in [6.07, 6.45) is 2.28. The summed E-state index contributed by atoms with van der Waals surface area (Å²) in [5.74, 6) is 0. The van der Waals surface area contributed by atoms with Gasteiger partial charge in [-0.25, -0.2) is 0 Å². The summed E-state index contributed by atoms with van der Waals surface area (Å²) in [5, 5.41) is 3.04. The van der Waals surface area contributed by atoms with Crippen molar-refractivity contribution in [2.75, 3.05) is 7.05 Å². The highest BCUT2D eigenvalue weighted by atomic mass is 14.8. The minimum absolute atomic E-state index is 0.430. The maximum atomic E-state index is 3.87. The van der Waals surface area contributed by atoms with Crippen molar-refractivity contribution < 1.29 is 0 Å². The van der Waals surface area contributed by atoms with E-state index in [1.54, 1.807) is 0 Å². The van der Waals surface area contributed by atoms with Crippen LogP contribution in [-0.2, 0) is 0 Å². The van der Waals surface area contributed by atoms with Crippen LogP contribution in [0, 0.1) is 5.41 Å². The van der Waals surface area contributed by atoms with Crippen LogP contribution in [0.2, 0.25) is 0 Å². The van der Waals surface area contributed by atoms with E-state index in [4.69, 9.17) is 0 Å². The Balaban J connectivity index is 3.46. The number of hydrogen-bond acceptors (Lipinski definition) is 1. The van der Waals surface area contributed by atoms with Gasteiger partial charge < -0.3 is 5.32 Å². The van der Waals surface area contributed by atoms with E-state index in [-0.39, 0.29) is 0 Å². The molecule has 0 aliphatic carbocycles. The molecular weight excluding hydrogens is 122 g/mol. The Kier molecular flexibility index (Phi) is 3.48. The van der Waals surface area contributed by atoms with Gasteiger partial charge in [0.2, 0.25) is 0 Å². The van der Waals surface area contributed by atoms with Gasteiger partial charge in [0, 0.05) is 12.7 Å². The molecule has 0 aromatic rings. The van der Waals surface area contributed by atoms with Crippen molar-refractivity contribution >= 4 is 0 Å². The molecule has 0 saturated heterocycles. The molecule has 0 aliphatic rings. The Labute approximate surface area is 64.5 Å². The van der Waals surface area contributed by atoms with Gasteiger partial charge in [0.15, 0.2) is 0 Å². The van der Waals surface area contributed by atoms with Gasteiger partial charge in [0.1, 0.15) is 0 Å². The summed E-state index contributed by atoms with van der Waals surface area (Å²) in [5.41, 5.74) is 1.56. The van der Waals surface area contributed by atoms with Crippen LogP contribution in [0.3, 0.4) is 0 Å². The summed E-state index contributed by atoms with van der Waals surface area (Å²) in [6.45, 7) is 10.6. The standard InChI is InChI=1S/C9H19N/c1-8(10-5)6-7-9(2,3)4/h10H,1,6-7H2,2-5H3. The lowest BCUT2D eigenvalue weighted by Crippen LogP contribution is -2.10. The molecule has 0 aliphatic heterocycles. The van der Waals surface area contributed by atoms with Crippen molar-refractivity contribution in [2.45, 2.75) is 33.6 Å². The van der Waals surface area contributed by atoms with Crippen LogP contribution in [0.5, 0.6) is 0 Å². The predicted molar refractivity (Wildman–Crippen MR) is 46.9 cm³/mol. The Bertz CT molecular complexity index is 108. The normalized spacial score (nSPS) is 11.2. The second-order valence-electron chi connectivity index (χ2n) is 3.91. The fourth-order valence-corrected chi connectivity index (χ4v) is 0.651. The molecule has 60 valence electrons. The van der Waals surface area contributed by atoms with Crippen LogP contribution < -0.4 is 5.32 Å². The van der Waals surface area contributed by atoms with Gasteiger partial charge in [-0.2, -0.15) is 0 Å². The Morgan fingerprint density at radius 2 is 1.90 bits per heavy atom. The molecule has 1 N–H and O–H groups in total. The van der Waals surface area contributed by atoms with Crippen molar-refractivity contribution in [3.05, 3.63) is 12.3 Å². The molecule has 0 bridgehead atoms. The molecule has 0 aromatic heterocycles. The zero-order valence-electron chi connectivity index (χ0n) is 7.62. The lowest BCUT2D eigenvalue weighted by atomic mass is 9.90. The van der Waals surface area contributed by atoms with Gasteiger partial charge in [-0.05, 0) is 18.3 Å². The molecule has 0 fully saturated rings. The predicted octanol–water partition coefficient (Wildman–Crippen LogP) is 2.55. The third kappa shape index (κ3) is 5.67. The smallest absolute Gasteiger partial charge is 0.00312 e. The molecule has 0 rings (SSSR count). The van der Waals surface area contributed by atoms with Crippen molar-refractivity contribution in [1.29, 1.82) is 0 Å². The largest absolute Gasteiger partial charge is 0.392 e. The van der Waals surface area contributed by atoms with Crippen LogP contribution in [-0.4, -0.2) is 7.05 Å². The topological polar surface area (TPSA) is 12.0 Å². The minimum atomic E-state index is 0.430. The van der Waals surface area contributed by atoms with Gasteiger partial charge in [-0.3, -0.25) is 0 Å². The summed E-state index contributed by atoms with van der Waals surface area (Å²) in [4.78, 5) is 0. The molecule has 0 spiro atoms. The summed E-state index contributed by atoms with van der Waals surface area (Å²) in [6, 6.07) is 0. The summed E-state index contributed by atoms with van der Waals surface area (Å²) >= 11 is 0. The molecule has 1 heteroatoms. The fraction of sp³-hybridized carbons (Fsp3) is 0.778. The van der Waals surface area contributed by atoms with Gasteiger partial charge in [-0.1, -0.05) is 27.4 Å². The first kappa shape index (κ1) is 9.54. The van der Waals surface area contributed by atoms with Crippen molar-refractivity contribution in [3.8, 4) is 0 Å². The molecular formula is C9H19N. The van der Waals surface area contributed by atoms with Crippen molar-refractivity contribution in [1.82, 2.24) is 5.32 Å². The van der Waals surface area contributed by atoms with E-state index in [9.17, 15) is 0 Å². The quantitative estimate of drug-likeness (QED) is 0.637. The number of hydrogen-bond donors (Lipinski definition) is 1. The van der Waals surface area contributed by atoms with Gasteiger partial charge in [0.25, 0.3) is 0 Å². The first-order chi connectivity index (χ1) is 4.45. The van der Waals surface area contributed by atoms with Crippen molar-refractivity contribution in [3.63, 3.8) is 0 Å². The van der Waals surface area contributed by atoms with E-state index in [1.807, 2.05) is 7.05 Å². The molecule has 0 unspecified atom stereocenters. The molecule has 0 saturated carbocycles. The molecule has 0 aromatic carbocycles. The SMILES string of the molecule is C=C(CCC(C)(C)C)NC. The Hall–Kier alpha value is -0.460. The highest BCUT2D eigenvalue weighted by Gasteiger charge is 2.09. The summed E-state index contributed by atoms with van der Waals surface area (Å²) in [7, 11) is 1.92. The number of rotatable bonds is 3. The molecule has 10 heavy (non-hydrogen) atoms. The maximum absolute atomic E-state index is 3.87. The van der Waals surface area contributed by atoms with Gasteiger partial charge in [0.05, 0.1) is 0 Å². The van der Waals surface area contributed by atoms with Gasteiger partial charge in [-0.15, -0.1) is 0 Å². The Morgan fingerprint density at radius 3 is 2.20 bits per heavy atom. The lowest BCUT2D eigenvalue weighted by Gasteiger charge is -2.18. The Morgan fingerprint density at radius 1 is 1.40 bits per heavy atom.